The van der Waals surface area contributed by atoms with Gasteiger partial charge in [-0.2, -0.15) is 0 Å². The molecule has 1 fully saturated rings. The lowest BCUT2D eigenvalue weighted by Crippen LogP contribution is -2.42. The molecule has 1 amide bonds. The zero-order chi connectivity index (χ0) is 16.8. The Balaban J connectivity index is 1.67. The van der Waals surface area contributed by atoms with Gasteiger partial charge < -0.3 is 15.2 Å². The number of ketones is 1. The van der Waals surface area contributed by atoms with Gasteiger partial charge in [-0.3, -0.25) is 9.59 Å². The van der Waals surface area contributed by atoms with E-state index in [4.69, 9.17) is 9.84 Å². The van der Waals surface area contributed by atoms with E-state index in [1.165, 1.54) is 6.92 Å². The number of carbonyl (C=O) groups excluding carboxylic acids is 2. The van der Waals surface area contributed by atoms with Crippen LogP contribution in [0.15, 0.2) is 24.3 Å². The number of amides is 1. The molecular weight excluding hydrogens is 298 g/mol. The SMILES string of the molecule is CC(=O)c1ccc(OCCCC(=O)NC(C(=O)O)C2CC2)cc1. The number of hydrogen-bond acceptors (Lipinski definition) is 4. The van der Waals surface area contributed by atoms with E-state index < -0.39 is 12.0 Å². The van der Waals surface area contributed by atoms with Gasteiger partial charge in [0.05, 0.1) is 6.61 Å². The highest BCUT2D eigenvalue weighted by Crippen LogP contribution is 2.32. The van der Waals surface area contributed by atoms with Gasteiger partial charge in [0.15, 0.2) is 5.78 Å². The van der Waals surface area contributed by atoms with E-state index >= 15 is 0 Å². The molecule has 1 aliphatic rings. The second-order valence-electron chi connectivity index (χ2n) is 5.75. The fourth-order valence-electron chi connectivity index (χ4n) is 2.27. The first-order valence-corrected chi connectivity index (χ1v) is 7.73. The molecule has 1 atom stereocenters. The van der Waals surface area contributed by atoms with Gasteiger partial charge in [0.2, 0.25) is 5.91 Å². The van der Waals surface area contributed by atoms with Crippen LogP contribution in [0.5, 0.6) is 5.75 Å². The molecule has 0 aromatic heterocycles. The number of carboxylic acid groups (broad SMARTS) is 1. The van der Waals surface area contributed by atoms with Gasteiger partial charge in [-0.25, -0.2) is 4.79 Å². The summed E-state index contributed by atoms with van der Waals surface area (Å²) in [5.41, 5.74) is 0.622. The van der Waals surface area contributed by atoms with Crippen molar-refractivity contribution in [2.45, 2.75) is 38.6 Å². The Kier molecular flexibility index (Phi) is 5.73. The lowest BCUT2D eigenvalue weighted by atomic mass is 10.1. The van der Waals surface area contributed by atoms with Gasteiger partial charge in [-0.1, -0.05) is 0 Å². The normalized spacial score (nSPS) is 14.8. The third kappa shape index (κ3) is 5.39. The molecule has 124 valence electrons. The third-order valence-electron chi connectivity index (χ3n) is 3.75. The maximum atomic E-state index is 11.8. The van der Waals surface area contributed by atoms with Gasteiger partial charge in [0, 0.05) is 12.0 Å². The zero-order valence-electron chi connectivity index (χ0n) is 13.1. The molecule has 0 aliphatic heterocycles. The Bertz CT molecular complexity index is 577. The first-order chi connectivity index (χ1) is 11.0. The quantitative estimate of drug-likeness (QED) is 0.536. The minimum Gasteiger partial charge on any atom is -0.494 e. The second kappa shape index (κ2) is 7.76. The molecule has 2 rings (SSSR count). The van der Waals surface area contributed by atoms with E-state index in [1.807, 2.05) is 0 Å². The summed E-state index contributed by atoms with van der Waals surface area (Å²) in [5, 5.41) is 11.6. The van der Waals surface area contributed by atoms with Crippen molar-refractivity contribution in [2.24, 2.45) is 5.92 Å². The zero-order valence-corrected chi connectivity index (χ0v) is 13.1. The summed E-state index contributed by atoms with van der Waals surface area (Å²) in [4.78, 5) is 34.0. The first-order valence-electron chi connectivity index (χ1n) is 7.73. The van der Waals surface area contributed by atoms with Crippen LogP contribution in [0.3, 0.4) is 0 Å². The Hall–Kier alpha value is -2.37. The van der Waals surface area contributed by atoms with Crippen LogP contribution < -0.4 is 10.1 Å². The predicted octanol–water partition coefficient (Wildman–Crippen LogP) is 2.03. The maximum absolute atomic E-state index is 11.8. The number of benzene rings is 1. The van der Waals surface area contributed by atoms with Crippen LogP contribution in [0, 0.1) is 5.92 Å². The lowest BCUT2D eigenvalue weighted by Gasteiger charge is -2.13. The molecule has 23 heavy (non-hydrogen) atoms. The number of hydrogen-bond donors (Lipinski definition) is 2. The average molecular weight is 319 g/mol. The summed E-state index contributed by atoms with van der Waals surface area (Å²) in [7, 11) is 0. The predicted molar refractivity (Wildman–Crippen MR) is 83.5 cm³/mol. The van der Waals surface area contributed by atoms with Crippen LogP contribution in [0.2, 0.25) is 0 Å². The van der Waals surface area contributed by atoms with E-state index in [0.717, 1.165) is 12.8 Å². The highest BCUT2D eigenvalue weighted by atomic mass is 16.5. The molecule has 0 bridgehead atoms. The summed E-state index contributed by atoms with van der Waals surface area (Å²) in [6.45, 7) is 1.86. The van der Waals surface area contributed by atoms with Crippen molar-refractivity contribution < 1.29 is 24.2 Å². The Labute approximate surface area is 134 Å². The van der Waals surface area contributed by atoms with E-state index in [2.05, 4.69) is 5.32 Å². The summed E-state index contributed by atoms with van der Waals surface area (Å²) in [6.07, 6.45) is 2.44. The van der Waals surface area contributed by atoms with Crippen LogP contribution in [0.4, 0.5) is 0 Å². The summed E-state index contributed by atoms with van der Waals surface area (Å²) < 4.78 is 5.50. The number of carbonyl (C=O) groups is 3. The topological polar surface area (TPSA) is 92.7 Å². The fourth-order valence-corrected chi connectivity index (χ4v) is 2.27. The smallest absolute Gasteiger partial charge is 0.326 e. The number of Topliss-reactive ketones (excluding diaryl/α,β-unsaturated/α-hetero) is 1. The van der Waals surface area contributed by atoms with Crippen molar-refractivity contribution in [1.82, 2.24) is 5.32 Å². The van der Waals surface area contributed by atoms with Crippen molar-refractivity contribution in [2.75, 3.05) is 6.61 Å². The van der Waals surface area contributed by atoms with Gasteiger partial charge in [-0.05, 0) is 56.4 Å². The Morgan fingerprint density at radius 2 is 1.91 bits per heavy atom. The van der Waals surface area contributed by atoms with Crippen LogP contribution in [0.1, 0.15) is 43.0 Å². The molecular formula is C17H21NO5. The van der Waals surface area contributed by atoms with Crippen LogP contribution in [-0.2, 0) is 9.59 Å². The van der Waals surface area contributed by atoms with Crippen molar-refractivity contribution in [3.8, 4) is 5.75 Å². The van der Waals surface area contributed by atoms with Crippen molar-refractivity contribution in [3.63, 3.8) is 0 Å². The summed E-state index contributed by atoms with van der Waals surface area (Å²) >= 11 is 0. The van der Waals surface area contributed by atoms with Gasteiger partial charge in [0.1, 0.15) is 11.8 Å². The summed E-state index contributed by atoms with van der Waals surface area (Å²) in [6, 6.07) is 6.05. The van der Waals surface area contributed by atoms with Crippen molar-refractivity contribution in [1.29, 1.82) is 0 Å². The van der Waals surface area contributed by atoms with E-state index in [-0.39, 0.29) is 24.0 Å². The molecule has 0 spiro atoms. The highest BCUT2D eigenvalue weighted by molar-refractivity contribution is 5.94. The second-order valence-corrected chi connectivity index (χ2v) is 5.75. The molecule has 6 heteroatoms. The number of carboxylic acids is 1. The van der Waals surface area contributed by atoms with E-state index in [9.17, 15) is 14.4 Å². The molecule has 2 N–H and O–H groups in total. The molecule has 1 saturated carbocycles. The number of ether oxygens (including phenoxy) is 1. The number of aliphatic carboxylic acids is 1. The van der Waals surface area contributed by atoms with E-state index in [1.54, 1.807) is 24.3 Å². The molecule has 1 aliphatic carbocycles. The van der Waals surface area contributed by atoms with Gasteiger partial charge >= 0.3 is 5.97 Å². The number of rotatable bonds is 9. The molecule has 1 unspecified atom stereocenters. The molecule has 0 saturated heterocycles. The molecule has 0 radical (unpaired) electrons. The number of nitrogens with one attached hydrogen (secondary N) is 1. The van der Waals surface area contributed by atoms with Gasteiger partial charge in [0.25, 0.3) is 0 Å². The molecule has 1 aromatic rings. The fraction of sp³-hybridized carbons (Fsp3) is 0.471. The average Bonchev–Trinajstić information content (AvgIpc) is 3.34. The molecule has 6 nitrogen and oxygen atoms in total. The van der Waals surface area contributed by atoms with E-state index in [0.29, 0.717) is 24.3 Å². The van der Waals surface area contributed by atoms with Crippen LogP contribution in [-0.4, -0.2) is 35.4 Å². The summed E-state index contributed by atoms with van der Waals surface area (Å²) in [5.74, 6) is -0.524. The molecule has 0 heterocycles. The monoisotopic (exact) mass is 319 g/mol. The van der Waals surface area contributed by atoms with Crippen molar-refractivity contribution >= 4 is 17.7 Å². The minimum atomic E-state index is -0.970. The minimum absolute atomic E-state index is 0.00290. The van der Waals surface area contributed by atoms with Crippen molar-refractivity contribution in [3.05, 3.63) is 29.8 Å². The van der Waals surface area contributed by atoms with Crippen LogP contribution >= 0.6 is 0 Å². The first kappa shape index (κ1) is 17.0. The Morgan fingerprint density at radius 3 is 2.43 bits per heavy atom. The molecule has 1 aromatic carbocycles. The standard InChI is InChI=1S/C17H21NO5/c1-11(19)12-6-8-14(9-7-12)23-10-2-3-15(20)18-16(17(21)22)13-4-5-13/h6-9,13,16H,2-5,10H2,1H3,(H,18,20)(H,21,22). The van der Waals surface area contributed by atoms with Crippen LogP contribution in [0.25, 0.3) is 0 Å². The van der Waals surface area contributed by atoms with Gasteiger partial charge in [-0.15, -0.1) is 0 Å². The highest BCUT2D eigenvalue weighted by Gasteiger charge is 2.37. The third-order valence-corrected chi connectivity index (χ3v) is 3.75. The maximum Gasteiger partial charge on any atom is 0.326 e. The Morgan fingerprint density at radius 1 is 1.26 bits per heavy atom. The largest absolute Gasteiger partial charge is 0.494 e. The lowest BCUT2D eigenvalue weighted by molar-refractivity contribution is -0.142.